The summed E-state index contributed by atoms with van der Waals surface area (Å²) in [5, 5.41) is 6.42. The molecular weight excluding hydrogens is 392 g/mol. The number of nitrogens with zero attached hydrogens (tertiary/aromatic N) is 2. The molecule has 0 atom stereocenters. The molecule has 0 N–H and O–H groups in total. The van der Waals surface area contributed by atoms with Gasteiger partial charge in [-0.05, 0) is 37.5 Å². The lowest BCUT2D eigenvalue weighted by Gasteiger charge is -2.40. The molecule has 0 spiro atoms. The molecule has 0 saturated heterocycles. The predicted octanol–water partition coefficient (Wildman–Crippen LogP) is 5.19. The molecule has 1 aromatic carbocycles. The van der Waals surface area contributed by atoms with Gasteiger partial charge in [-0.2, -0.15) is 0 Å². The molecule has 4 nitrogen and oxygen atoms in total. The third-order valence-electron chi connectivity index (χ3n) is 5.63. The molecule has 2 aromatic rings. The molecule has 3 rings (SSSR count). The standard InChI is InChI=1S/C22H27ClN2O2S/c1-5-22(3,4)21(27)25(6-2)24-12-11-15-17(14-28-19(15)13-24)20(26)16-9-7-8-10-18(16)23/h7-10,14H,5-6,11-13H2,1-4H3. The number of hydrogen-bond acceptors (Lipinski definition) is 4. The minimum absolute atomic E-state index is 0.0212. The summed E-state index contributed by atoms with van der Waals surface area (Å²) >= 11 is 7.82. The number of ketones is 1. The van der Waals surface area contributed by atoms with Crippen LogP contribution in [-0.4, -0.2) is 34.8 Å². The van der Waals surface area contributed by atoms with Gasteiger partial charge in [-0.15, -0.1) is 11.3 Å². The predicted molar refractivity (Wildman–Crippen MR) is 115 cm³/mol. The van der Waals surface area contributed by atoms with E-state index < -0.39 is 0 Å². The third-order valence-corrected chi connectivity index (χ3v) is 6.97. The Bertz CT molecular complexity index is 890. The van der Waals surface area contributed by atoms with Crippen LogP contribution in [0.2, 0.25) is 5.02 Å². The molecule has 2 heterocycles. The van der Waals surface area contributed by atoms with E-state index >= 15 is 0 Å². The van der Waals surface area contributed by atoms with Gasteiger partial charge in [0, 0.05) is 39.9 Å². The SMILES string of the molecule is CCN(C(=O)C(C)(C)CC)N1CCc2c(C(=O)c3ccccc3Cl)csc2C1. The van der Waals surface area contributed by atoms with Crippen molar-refractivity contribution in [2.24, 2.45) is 5.41 Å². The Kier molecular flexibility index (Phi) is 6.28. The zero-order chi connectivity index (χ0) is 20.5. The molecule has 28 heavy (non-hydrogen) atoms. The summed E-state index contributed by atoms with van der Waals surface area (Å²) in [6, 6.07) is 7.18. The first kappa shape index (κ1) is 21.0. The van der Waals surface area contributed by atoms with Crippen molar-refractivity contribution in [1.29, 1.82) is 0 Å². The molecule has 0 aliphatic carbocycles. The number of thiophene rings is 1. The molecule has 150 valence electrons. The van der Waals surface area contributed by atoms with E-state index in [0.29, 0.717) is 23.7 Å². The van der Waals surface area contributed by atoms with Crippen LogP contribution in [-0.2, 0) is 17.8 Å². The summed E-state index contributed by atoms with van der Waals surface area (Å²) in [5.41, 5.74) is 2.01. The Morgan fingerprint density at radius 2 is 1.93 bits per heavy atom. The second-order valence-corrected chi connectivity index (χ2v) is 9.13. The number of hydrazine groups is 1. The highest BCUT2D eigenvalue weighted by Crippen LogP contribution is 2.33. The van der Waals surface area contributed by atoms with E-state index in [1.165, 1.54) is 0 Å². The lowest BCUT2D eigenvalue weighted by atomic mass is 9.89. The van der Waals surface area contributed by atoms with Gasteiger partial charge >= 0.3 is 0 Å². The van der Waals surface area contributed by atoms with Crippen LogP contribution in [0.1, 0.15) is 60.5 Å². The van der Waals surface area contributed by atoms with Gasteiger partial charge in [-0.3, -0.25) is 14.6 Å². The second-order valence-electron chi connectivity index (χ2n) is 7.76. The maximum Gasteiger partial charge on any atom is 0.242 e. The highest BCUT2D eigenvalue weighted by molar-refractivity contribution is 7.10. The van der Waals surface area contributed by atoms with Crippen molar-refractivity contribution in [3.63, 3.8) is 0 Å². The van der Waals surface area contributed by atoms with E-state index in [1.807, 2.05) is 50.2 Å². The van der Waals surface area contributed by atoms with Gasteiger partial charge in [-0.1, -0.05) is 44.5 Å². The van der Waals surface area contributed by atoms with E-state index in [9.17, 15) is 9.59 Å². The fourth-order valence-electron chi connectivity index (χ4n) is 3.47. The highest BCUT2D eigenvalue weighted by atomic mass is 35.5. The number of rotatable bonds is 6. The van der Waals surface area contributed by atoms with Gasteiger partial charge in [0.15, 0.2) is 5.78 Å². The minimum Gasteiger partial charge on any atom is -0.289 e. The molecule has 0 unspecified atom stereocenters. The zero-order valence-corrected chi connectivity index (χ0v) is 18.5. The van der Waals surface area contributed by atoms with Crippen molar-refractivity contribution in [3.05, 3.63) is 56.2 Å². The average molecular weight is 419 g/mol. The fraction of sp³-hybridized carbons (Fsp3) is 0.455. The van der Waals surface area contributed by atoms with Crippen molar-refractivity contribution in [1.82, 2.24) is 10.0 Å². The number of amides is 1. The first-order valence-corrected chi connectivity index (χ1v) is 11.0. The lowest BCUT2D eigenvalue weighted by molar-refractivity contribution is -0.160. The Morgan fingerprint density at radius 1 is 1.21 bits per heavy atom. The van der Waals surface area contributed by atoms with Crippen molar-refractivity contribution in [2.75, 3.05) is 13.1 Å². The maximum absolute atomic E-state index is 13.0. The summed E-state index contributed by atoms with van der Waals surface area (Å²) in [7, 11) is 0. The normalized spacial score (nSPS) is 14.6. The summed E-state index contributed by atoms with van der Waals surface area (Å²) < 4.78 is 0. The number of carbonyl (C=O) groups excluding carboxylic acids is 2. The van der Waals surface area contributed by atoms with E-state index in [-0.39, 0.29) is 17.1 Å². The first-order chi connectivity index (χ1) is 13.3. The average Bonchev–Trinajstić information content (AvgIpc) is 3.11. The van der Waals surface area contributed by atoms with Crippen LogP contribution in [0.5, 0.6) is 0 Å². The van der Waals surface area contributed by atoms with Gasteiger partial charge in [0.1, 0.15) is 0 Å². The van der Waals surface area contributed by atoms with Gasteiger partial charge in [0.05, 0.1) is 11.6 Å². The Balaban J connectivity index is 1.83. The summed E-state index contributed by atoms with van der Waals surface area (Å²) in [4.78, 5) is 27.1. The molecular formula is C22H27ClN2O2S. The van der Waals surface area contributed by atoms with Crippen LogP contribution in [0.3, 0.4) is 0 Å². The van der Waals surface area contributed by atoms with E-state index in [2.05, 4.69) is 5.01 Å². The maximum atomic E-state index is 13.0. The van der Waals surface area contributed by atoms with Gasteiger partial charge in [-0.25, -0.2) is 5.01 Å². The second kappa shape index (κ2) is 8.36. The van der Waals surface area contributed by atoms with Crippen LogP contribution in [0.4, 0.5) is 0 Å². The number of hydrogen-bond donors (Lipinski definition) is 0. The first-order valence-electron chi connectivity index (χ1n) is 9.75. The van der Waals surface area contributed by atoms with Crippen molar-refractivity contribution in [3.8, 4) is 0 Å². The number of benzene rings is 1. The Hall–Kier alpha value is -1.69. The van der Waals surface area contributed by atoms with Crippen molar-refractivity contribution in [2.45, 2.75) is 47.1 Å². The van der Waals surface area contributed by atoms with Gasteiger partial charge in [0.2, 0.25) is 5.91 Å². The lowest BCUT2D eigenvalue weighted by Crippen LogP contribution is -2.52. The highest BCUT2D eigenvalue weighted by Gasteiger charge is 2.35. The molecule has 0 radical (unpaired) electrons. The number of fused-ring (bicyclic) bond motifs is 1. The molecule has 0 bridgehead atoms. The summed E-state index contributed by atoms with van der Waals surface area (Å²) in [6.07, 6.45) is 1.55. The Morgan fingerprint density at radius 3 is 2.57 bits per heavy atom. The van der Waals surface area contributed by atoms with E-state index in [4.69, 9.17) is 11.6 Å². The quantitative estimate of drug-likeness (QED) is 0.606. The molecule has 6 heteroatoms. The van der Waals surface area contributed by atoms with Crippen molar-refractivity contribution >= 4 is 34.6 Å². The van der Waals surface area contributed by atoms with Crippen LogP contribution < -0.4 is 0 Å². The van der Waals surface area contributed by atoms with Crippen molar-refractivity contribution < 1.29 is 9.59 Å². The molecule has 1 aliphatic rings. The largest absolute Gasteiger partial charge is 0.289 e. The molecule has 0 saturated carbocycles. The fourth-order valence-corrected chi connectivity index (χ4v) is 4.78. The number of carbonyl (C=O) groups is 2. The summed E-state index contributed by atoms with van der Waals surface area (Å²) in [5.74, 6) is 0.136. The van der Waals surface area contributed by atoms with Crippen LogP contribution >= 0.6 is 22.9 Å². The molecule has 1 amide bonds. The summed E-state index contributed by atoms with van der Waals surface area (Å²) in [6.45, 7) is 10.1. The third kappa shape index (κ3) is 3.88. The van der Waals surface area contributed by atoms with Crippen LogP contribution in [0, 0.1) is 5.41 Å². The topological polar surface area (TPSA) is 40.6 Å². The molecule has 0 fully saturated rings. The Labute approximate surface area is 176 Å². The molecule has 1 aliphatic heterocycles. The van der Waals surface area contributed by atoms with Crippen LogP contribution in [0.25, 0.3) is 0 Å². The van der Waals surface area contributed by atoms with Gasteiger partial charge < -0.3 is 0 Å². The van der Waals surface area contributed by atoms with Crippen LogP contribution in [0.15, 0.2) is 29.6 Å². The zero-order valence-electron chi connectivity index (χ0n) is 16.9. The molecule has 1 aromatic heterocycles. The van der Waals surface area contributed by atoms with E-state index in [0.717, 1.165) is 35.4 Å². The van der Waals surface area contributed by atoms with E-state index in [1.54, 1.807) is 23.5 Å². The smallest absolute Gasteiger partial charge is 0.242 e. The monoisotopic (exact) mass is 418 g/mol. The minimum atomic E-state index is -0.378. The number of halogens is 1. The van der Waals surface area contributed by atoms with Gasteiger partial charge in [0.25, 0.3) is 0 Å².